The standard InChI is InChI=1S/C16H17N5OS/c1-9-5-12(14-6-10(2)20-21(14)4)7-13(17-9)16(22)19-15-8-23-11(3)18-15/h5-8H,1-4H3,(H,19,22). The van der Waals surface area contributed by atoms with E-state index in [9.17, 15) is 4.79 Å². The van der Waals surface area contributed by atoms with Crippen molar-refractivity contribution in [3.05, 3.63) is 45.7 Å². The molecule has 3 aromatic rings. The molecule has 0 saturated heterocycles. The lowest BCUT2D eigenvalue weighted by Gasteiger charge is -2.07. The smallest absolute Gasteiger partial charge is 0.275 e. The molecule has 6 nitrogen and oxygen atoms in total. The van der Waals surface area contributed by atoms with Crippen LogP contribution in [-0.4, -0.2) is 25.7 Å². The van der Waals surface area contributed by atoms with Gasteiger partial charge in [0, 0.05) is 23.7 Å². The highest BCUT2D eigenvalue weighted by atomic mass is 32.1. The number of anilines is 1. The Bertz CT molecular complexity index is 880. The number of thiazole rings is 1. The summed E-state index contributed by atoms with van der Waals surface area (Å²) in [6.45, 7) is 5.71. The zero-order chi connectivity index (χ0) is 16.6. The van der Waals surface area contributed by atoms with Gasteiger partial charge in [0.1, 0.15) is 11.5 Å². The number of amides is 1. The molecule has 0 radical (unpaired) electrons. The number of aromatic nitrogens is 4. The number of aryl methyl sites for hydroxylation is 4. The SMILES string of the molecule is Cc1cc(-c2cc(C)nn2C)cc(C(=O)Nc2csc(C)n2)n1. The van der Waals surface area contributed by atoms with Gasteiger partial charge < -0.3 is 5.32 Å². The van der Waals surface area contributed by atoms with Gasteiger partial charge in [-0.1, -0.05) is 0 Å². The van der Waals surface area contributed by atoms with E-state index >= 15 is 0 Å². The van der Waals surface area contributed by atoms with Crippen molar-refractivity contribution in [2.75, 3.05) is 5.32 Å². The first-order valence-corrected chi connectivity index (χ1v) is 8.03. The number of rotatable bonds is 3. The molecule has 0 aliphatic heterocycles. The average molecular weight is 327 g/mol. The van der Waals surface area contributed by atoms with Gasteiger partial charge in [-0.3, -0.25) is 9.48 Å². The summed E-state index contributed by atoms with van der Waals surface area (Å²) in [6.07, 6.45) is 0. The minimum atomic E-state index is -0.265. The second kappa shape index (κ2) is 5.92. The maximum absolute atomic E-state index is 12.4. The molecular weight excluding hydrogens is 310 g/mol. The number of nitrogens with zero attached hydrogens (tertiary/aromatic N) is 4. The van der Waals surface area contributed by atoms with Crippen molar-refractivity contribution in [2.45, 2.75) is 20.8 Å². The van der Waals surface area contributed by atoms with Crippen molar-refractivity contribution in [3.8, 4) is 11.3 Å². The first-order valence-electron chi connectivity index (χ1n) is 7.15. The Kier molecular flexibility index (Phi) is 3.96. The van der Waals surface area contributed by atoms with Crippen LogP contribution in [0.2, 0.25) is 0 Å². The molecule has 118 valence electrons. The van der Waals surface area contributed by atoms with Gasteiger partial charge >= 0.3 is 0 Å². The van der Waals surface area contributed by atoms with Crippen molar-refractivity contribution in [1.29, 1.82) is 0 Å². The minimum Gasteiger partial charge on any atom is -0.305 e. The van der Waals surface area contributed by atoms with Crippen molar-refractivity contribution in [2.24, 2.45) is 7.05 Å². The fourth-order valence-corrected chi connectivity index (χ4v) is 2.96. The average Bonchev–Trinajstić information content (AvgIpc) is 3.03. The number of carbonyl (C=O) groups excluding carboxylic acids is 1. The van der Waals surface area contributed by atoms with E-state index in [4.69, 9.17) is 0 Å². The third-order valence-electron chi connectivity index (χ3n) is 3.34. The van der Waals surface area contributed by atoms with E-state index in [0.717, 1.165) is 27.7 Å². The normalized spacial score (nSPS) is 10.8. The molecular formula is C16H17N5OS. The molecule has 1 N–H and O–H groups in total. The Labute approximate surface area is 138 Å². The predicted octanol–water partition coefficient (Wildman–Crippen LogP) is 3.12. The monoisotopic (exact) mass is 327 g/mol. The molecule has 3 aromatic heterocycles. The molecule has 1 amide bonds. The number of hydrogen-bond donors (Lipinski definition) is 1. The van der Waals surface area contributed by atoms with Crippen molar-refractivity contribution in [3.63, 3.8) is 0 Å². The van der Waals surface area contributed by atoms with Gasteiger partial charge in [0.15, 0.2) is 0 Å². The summed E-state index contributed by atoms with van der Waals surface area (Å²) in [4.78, 5) is 21.0. The van der Waals surface area contributed by atoms with E-state index in [0.29, 0.717) is 11.5 Å². The fraction of sp³-hybridized carbons (Fsp3) is 0.250. The Morgan fingerprint density at radius 3 is 2.52 bits per heavy atom. The van der Waals surface area contributed by atoms with Crippen LogP contribution in [0, 0.1) is 20.8 Å². The number of carbonyl (C=O) groups is 1. The summed E-state index contributed by atoms with van der Waals surface area (Å²) < 4.78 is 1.80. The highest BCUT2D eigenvalue weighted by Gasteiger charge is 2.14. The molecule has 3 rings (SSSR count). The van der Waals surface area contributed by atoms with Crippen molar-refractivity contribution >= 4 is 23.1 Å². The Balaban J connectivity index is 1.94. The number of nitrogens with one attached hydrogen (secondary N) is 1. The Morgan fingerprint density at radius 1 is 1.13 bits per heavy atom. The topological polar surface area (TPSA) is 72.7 Å². The van der Waals surface area contributed by atoms with Crippen LogP contribution in [0.1, 0.15) is 26.9 Å². The van der Waals surface area contributed by atoms with E-state index in [1.165, 1.54) is 11.3 Å². The summed E-state index contributed by atoms with van der Waals surface area (Å²) in [7, 11) is 1.88. The van der Waals surface area contributed by atoms with E-state index in [-0.39, 0.29) is 5.91 Å². The third-order valence-corrected chi connectivity index (χ3v) is 4.12. The molecule has 0 spiro atoms. The first kappa shape index (κ1) is 15.4. The summed E-state index contributed by atoms with van der Waals surface area (Å²) in [5, 5.41) is 9.85. The van der Waals surface area contributed by atoms with Crippen LogP contribution in [0.3, 0.4) is 0 Å². The summed E-state index contributed by atoms with van der Waals surface area (Å²) >= 11 is 1.49. The van der Waals surface area contributed by atoms with Crippen LogP contribution >= 0.6 is 11.3 Å². The minimum absolute atomic E-state index is 0.265. The Morgan fingerprint density at radius 2 is 1.91 bits per heavy atom. The van der Waals surface area contributed by atoms with Crippen LogP contribution in [0.4, 0.5) is 5.82 Å². The van der Waals surface area contributed by atoms with Crippen LogP contribution in [0.15, 0.2) is 23.6 Å². The number of hydrogen-bond acceptors (Lipinski definition) is 5. The van der Waals surface area contributed by atoms with Crippen LogP contribution in [-0.2, 0) is 7.05 Å². The van der Waals surface area contributed by atoms with Gasteiger partial charge in [0.05, 0.1) is 16.4 Å². The van der Waals surface area contributed by atoms with Gasteiger partial charge in [0.25, 0.3) is 5.91 Å². The molecule has 0 atom stereocenters. The fourth-order valence-electron chi connectivity index (χ4n) is 2.41. The Hall–Kier alpha value is -2.54. The molecule has 3 heterocycles. The third kappa shape index (κ3) is 3.29. The van der Waals surface area contributed by atoms with Gasteiger partial charge in [-0.05, 0) is 39.0 Å². The summed E-state index contributed by atoms with van der Waals surface area (Å²) in [5.41, 5.74) is 3.94. The molecule has 0 unspecified atom stereocenters. The zero-order valence-electron chi connectivity index (χ0n) is 13.4. The van der Waals surface area contributed by atoms with E-state index < -0.39 is 0 Å². The maximum atomic E-state index is 12.4. The van der Waals surface area contributed by atoms with Gasteiger partial charge in [-0.15, -0.1) is 11.3 Å². The largest absolute Gasteiger partial charge is 0.305 e. The molecule has 0 bridgehead atoms. The molecule has 23 heavy (non-hydrogen) atoms. The first-order chi connectivity index (χ1) is 10.9. The van der Waals surface area contributed by atoms with Crippen LogP contribution in [0.5, 0.6) is 0 Å². The van der Waals surface area contributed by atoms with E-state index in [2.05, 4.69) is 20.4 Å². The van der Waals surface area contributed by atoms with Gasteiger partial charge in [-0.2, -0.15) is 5.10 Å². The van der Waals surface area contributed by atoms with Crippen molar-refractivity contribution in [1.82, 2.24) is 19.7 Å². The summed E-state index contributed by atoms with van der Waals surface area (Å²) in [6, 6.07) is 5.71. The van der Waals surface area contributed by atoms with Gasteiger partial charge in [0.2, 0.25) is 0 Å². The highest BCUT2D eigenvalue weighted by molar-refractivity contribution is 7.09. The molecule has 0 aliphatic carbocycles. The zero-order valence-corrected chi connectivity index (χ0v) is 14.2. The van der Waals surface area contributed by atoms with E-state index in [1.54, 1.807) is 10.7 Å². The van der Waals surface area contributed by atoms with Crippen LogP contribution in [0.25, 0.3) is 11.3 Å². The quantitative estimate of drug-likeness (QED) is 0.802. The highest BCUT2D eigenvalue weighted by Crippen LogP contribution is 2.22. The molecule has 0 fully saturated rings. The van der Waals surface area contributed by atoms with Crippen molar-refractivity contribution < 1.29 is 4.79 Å². The van der Waals surface area contributed by atoms with E-state index in [1.807, 2.05) is 45.3 Å². The van der Waals surface area contributed by atoms with Crippen LogP contribution < -0.4 is 5.32 Å². The number of pyridine rings is 1. The molecule has 0 saturated carbocycles. The maximum Gasteiger partial charge on any atom is 0.275 e. The second-order valence-corrected chi connectivity index (χ2v) is 6.45. The molecule has 7 heteroatoms. The lowest BCUT2D eigenvalue weighted by molar-refractivity contribution is 0.102. The predicted molar refractivity (Wildman–Crippen MR) is 90.7 cm³/mol. The van der Waals surface area contributed by atoms with Gasteiger partial charge in [-0.25, -0.2) is 9.97 Å². The lowest BCUT2D eigenvalue weighted by atomic mass is 10.1. The summed E-state index contributed by atoms with van der Waals surface area (Å²) in [5.74, 6) is 0.290. The molecule has 0 aliphatic rings. The second-order valence-electron chi connectivity index (χ2n) is 5.38. The lowest BCUT2D eigenvalue weighted by Crippen LogP contribution is -2.14. The molecule has 0 aromatic carbocycles.